The molecule has 4 amide bonds. The average molecular weight is 474 g/mol. The fraction of sp³-hybridized carbons (Fsp3) is 0.524. The van der Waals surface area contributed by atoms with Crippen LogP contribution in [0.4, 0.5) is 0 Å². The van der Waals surface area contributed by atoms with Crippen molar-refractivity contribution in [3.63, 3.8) is 0 Å². The standard InChI is InChI=1S/C21H31N9O4/c22-5-2-1-3-15-20(33)30-16(7-13-9-23-11-26-13)19(32)25-6-4-18(31)28-17(21(34)29-15)8-14-10-24-12-27-14/h9-12,15-17H,1-8,22H2,(H,23,26)(H,24,27)(H,25,32)(H,28,31)(H,29,34)(H,30,33). The summed E-state index contributed by atoms with van der Waals surface area (Å²) < 4.78 is 0. The van der Waals surface area contributed by atoms with Crippen molar-refractivity contribution < 1.29 is 19.2 Å². The number of unbranched alkanes of at least 4 members (excludes halogenated alkanes) is 1. The van der Waals surface area contributed by atoms with Gasteiger partial charge in [0.05, 0.1) is 12.7 Å². The van der Waals surface area contributed by atoms with Crippen LogP contribution in [0.5, 0.6) is 0 Å². The number of carbonyl (C=O) groups is 4. The Labute approximate surface area is 196 Å². The largest absolute Gasteiger partial charge is 0.354 e. The fourth-order valence-electron chi connectivity index (χ4n) is 3.65. The van der Waals surface area contributed by atoms with Crippen LogP contribution in [0.2, 0.25) is 0 Å². The lowest BCUT2D eigenvalue weighted by Crippen LogP contribution is -2.56. The number of hydrogen-bond donors (Lipinski definition) is 7. The zero-order valence-corrected chi connectivity index (χ0v) is 18.8. The molecule has 0 aliphatic carbocycles. The molecule has 3 atom stereocenters. The van der Waals surface area contributed by atoms with E-state index < -0.39 is 41.8 Å². The van der Waals surface area contributed by atoms with Crippen molar-refractivity contribution in [1.29, 1.82) is 0 Å². The highest BCUT2D eigenvalue weighted by Gasteiger charge is 2.30. The zero-order valence-electron chi connectivity index (χ0n) is 18.8. The molecule has 8 N–H and O–H groups in total. The van der Waals surface area contributed by atoms with Crippen molar-refractivity contribution in [1.82, 2.24) is 41.2 Å². The molecule has 3 unspecified atom stereocenters. The van der Waals surface area contributed by atoms with Crippen LogP contribution in [-0.2, 0) is 32.0 Å². The highest BCUT2D eigenvalue weighted by molar-refractivity contribution is 5.95. The molecule has 3 heterocycles. The minimum absolute atomic E-state index is 0.0247. The fourth-order valence-corrected chi connectivity index (χ4v) is 3.65. The van der Waals surface area contributed by atoms with E-state index in [-0.39, 0.29) is 25.8 Å². The Morgan fingerprint density at radius 1 is 0.794 bits per heavy atom. The molecule has 13 heteroatoms. The van der Waals surface area contributed by atoms with E-state index in [0.29, 0.717) is 37.2 Å². The van der Waals surface area contributed by atoms with Gasteiger partial charge in [-0.15, -0.1) is 0 Å². The first-order valence-electron chi connectivity index (χ1n) is 11.3. The van der Waals surface area contributed by atoms with Crippen LogP contribution in [-0.4, -0.2) is 74.8 Å². The minimum atomic E-state index is -0.921. The Bertz CT molecular complexity index is 946. The molecule has 34 heavy (non-hydrogen) atoms. The molecule has 0 bridgehead atoms. The van der Waals surface area contributed by atoms with E-state index in [0.717, 1.165) is 0 Å². The van der Waals surface area contributed by atoms with Crippen molar-refractivity contribution in [2.24, 2.45) is 5.73 Å². The number of nitrogens with one attached hydrogen (secondary N) is 6. The van der Waals surface area contributed by atoms with Crippen molar-refractivity contribution >= 4 is 23.6 Å². The summed E-state index contributed by atoms with van der Waals surface area (Å²) in [7, 11) is 0. The van der Waals surface area contributed by atoms with Crippen LogP contribution in [0.15, 0.2) is 25.0 Å². The number of nitrogens with zero attached hydrogens (tertiary/aromatic N) is 2. The van der Waals surface area contributed by atoms with E-state index in [9.17, 15) is 19.2 Å². The third-order valence-corrected chi connectivity index (χ3v) is 5.47. The Hall–Kier alpha value is -3.74. The smallest absolute Gasteiger partial charge is 0.243 e. The summed E-state index contributed by atoms with van der Waals surface area (Å²) in [6.07, 6.45) is 8.01. The summed E-state index contributed by atoms with van der Waals surface area (Å²) in [5.41, 5.74) is 6.90. The van der Waals surface area contributed by atoms with Crippen LogP contribution in [0.25, 0.3) is 0 Å². The first kappa shape index (κ1) is 24.9. The van der Waals surface area contributed by atoms with E-state index in [1.807, 2.05) is 0 Å². The maximum atomic E-state index is 13.2. The van der Waals surface area contributed by atoms with Gasteiger partial charge in [-0.1, -0.05) is 0 Å². The number of imidazole rings is 2. The van der Waals surface area contributed by atoms with Crippen molar-refractivity contribution in [2.45, 2.75) is 56.7 Å². The van der Waals surface area contributed by atoms with Gasteiger partial charge in [-0.05, 0) is 25.8 Å². The predicted molar refractivity (Wildman–Crippen MR) is 121 cm³/mol. The van der Waals surface area contributed by atoms with Gasteiger partial charge in [-0.25, -0.2) is 9.97 Å². The molecule has 0 spiro atoms. The number of carbonyl (C=O) groups excluding carboxylic acids is 4. The van der Waals surface area contributed by atoms with Crippen LogP contribution in [0.1, 0.15) is 37.1 Å². The van der Waals surface area contributed by atoms with Gasteiger partial charge >= 0.3 is 0 Å². The monoisotopic (exact) mass is 473 g/mol. The first-order valence-corrected chi connectivity index (χ1v) is 11.3. The molecular formula is C21H31N9O4. The normalized spacial score (nSPS) is 22.4. The molecule has 1 fully saturated rings. The number of amides is 4. The maximum absolute atomic E-state index is 13.2. The van der Waals surface area contributed by atoms with Crippen molar-refractivity contribution in [3.8, 4) is 0 Å². The first-order chi connectivity index (χ1) is 16.5. The lowest BCUT2D eigenvalue weighted by atomic mass is 10.0. The number of aromatic amines is 2. The summed E-state index contributed by atoms with van der Waals surface area (Å²) in [6, 6.07) is -2.74. The summed E-state index contributed by atoms with van der Waals surface area (Å²) in [5, 5.41) is 10.9. The van der Waals surface area contributed by atoms with E-state index in [2.05, 4.69) is 41.2 Å². The Morgan fingerprint density at radius 2 is 1.38 bits per heavy atom. The van der Waals surface area contributed by atoms with Gasteiger partial charge in [0.1, 0.15) is 18.1 Å². The maximum Gasteiger partial charge on any atom is 0.243 e. The number of rotatable bonds is 8. The lowest BCUT2D eigenvalue weighted by Gasteiger charge is -2.24. The number of hydrogen-bond acceptors (Lipinski definition) is 7. The van der Waals surface area contributed by atoms with Gasteiger partial charge in [0, 0.05) is 49.6 Å². The summed E-state index contributed by atoms with van der Waals surface area (Å²) >= 11 is 0. The summed E-state index contributed by atoms with van der Waals surface area (Å²) in [4.78, 5) is 65.3. The second-order valence-electron chi connectivity index (χ2n) is 8.13. The second kappa shape index (κ2) is 12.5. The van der Waals surface area contributed by atoms with E-state index in [1.165, 1.54) is 12.7 Å². The second-order valence-corrected chi connectivity index (χ2v) is 8.13. The molecule has 0 saturated carbocycles. The molecule has 184 valence electrons. The third-order valence-electron chi connectivity index (χ3n) is 5.47. The highest BCUT2D eigenvalue weighted by atomic mass is 16.2. The predicted octanol–water partition coefficient (Wildman–Crippen LogP) is -1.98. The average Bonchev–Trinajstić information content (AvgIpc) is 3.51. The van der Waals surface area contributed by atoms with Crippen molar-refractivity contribution in [2.75, 3.05) is 13.1 Å². The minimum Gasteiger partial charge on any atom is -0.354 e. The Balaban J connectivity index is 1.82. The van der Waals surface area contributed by atoms with Gasteiger partial charge in [0.25, 0.3) is 0 Å². The molecule has 13 nitrogen and oxygen atoms in total. The molecule has 0 radical (unpaired) electrons. The number of aromatic nitrogens is 4. The summed E-state index contributed by atoms with van der Waals surface area (Å²) in [5.74, 6) is -1.82. The Kier molecular flexibility index (Phi) is 9.14. The van der Waals surface area contributed by atoms with Gasteiger partial charge < -0.3 is 37.0 Å². The third kappa shape index (κ3) is 7.40. The zero-order chi connectivity index (χ0) is 24.3. The molecule has 1 aliphatic rings. The molecule has 1 saturated heterocycles. The molecular weight excluding hydrogens is 442 g/mol. The number of H-pyrrole nitrogens is 2. The van der Waals surface area contributed by atoms with Gasteiger partial charge in [0.15, 0.2) is 0 Å². The molecule has 2 aromatic heterocycles. The van der Waals surface area contributed by atoms with E-state index in [4.69, 9.17) is 5.73 Å². The van der Waals surface area contributed by atoms with E-state index in [1.54, 1.807) is 12.4 Å². The van der Waals surface area contributed by atoms with Crippen LogP contribution in [0.3, 0.4) is 0 Å². The molecule has 1 aliphatic heterocycles. The molecule has 3 rings (SSSR count). The van der Waals surface area contributed by atoms with Crippen molar-refractivity contribution in [3.05, 3.63) is 36.4 Å². The quantitative estimate of drug-likeness (QED) is 0.215. The van der Waals surface area contributed by atoms with Crippen LogP contribution >= 0.6 is 0 Å². The topological polar surface area (TPSA) is 200 Å². The molecule has 0 aromatic carbocycles. The lowest BCUT2D eigenvalue weighted by molar-refractivity contribution is -0.133. The van der Waals surface area contributed by atoms with Gasteiger partial charge in [0.2, 0.25) is 23.6 Å². The summed E-state index contributed by atoms with van der Waals surface area (Å²) in [6.45, 7) is 0.504. The van der Waals surface area contributed by atoms with Crippen LogP contribution < -0.4 is 27.0 Å². The van der Waals surface area contributed by atoms with Crippen LogP contribution in [0, 0.1) is 0 Å². The number of nitrogens with two attached hydrogens (primary N) is 1. The Morgan fingerprint density at radius 3 is 1.97 bits per heavy atom. The molecule has 2 aromatic rings. The van der Waals surface area contributed by atoms with Gasteiger partial charge in [-0.2, -0.15) is 0 Å². The SMILES string of the molecule is NCCCCC1NC(=O)C(Cc2cnc[nH]2)NC(=O)CCNC(=O)C(Cc2cnc[nH]2)NC1=O. The van der Waals surface area contributed by atoms with E-state index >= 15 is 0 Å². The van der Waals surface area contributed by atoms with Gasteiger partial charge in [-0.3, -0.25) is 19.2 Å². The highest BCUT2D eigenvalue weighted by Crippen LogP contribution is 2.07.